The number of hydrogen-bond acceptors (Lipinski definition) is 2. The molecule has 118 valence electrons. The minimum absolute atomic E-state index is 0.0660. The van der Waals surface area contributed by atoms with Crippen molar-refractivity contribution in [2.45, 2.75) is 6.92 Å². The van der Waals surface area contributed by atoms with E-state index in [0.29, 0.717) is 5.57 Å². The van der Waals surface area contributed by atoms with Gasteiger partial charge in [-0.15, -0.1) is 0 Å². The molecule has 1 aliphatic rings. The highest BCUT2D eigenvalue weighted by atomic mass is 79.9. The van der Waals surface area contributed by atoms with E-state index in [2.05, 4.69) is 37.2 Å². The van der Waals surface area contributed by atoms with E-state index in [1.165, 1.54) is 0 Å². The molecule has 0 spiro atoms. The lowest BCUT2D eigenvalue weighted by atomic mass is 10.0. The van der Waals surface area contributed by atoms with E-state index in [-0.39, 0.29) is 5.91 Å². The van der Waals surface area contributed by atoms with Crippen molar-refractivity contribution in [3.63, 3.8) is 0 Å². The van der Waals surface area contributed by atoms with Gasteiger partial charge < -0.3 is 10.2 Å². The zero-order valence-electron chi connectivity index (χ0n) is 13.1. The molecular formula is C18H16Br2N2O. The molecule has 2 aromatic rings. The smallest absolute Gasteiger partial charge is 0.256 e. The fraction of sp³-hybridized carbons (Fsp3) is 0.167. The van der Waals surface area contributed by atoms with E-state index >= 15 is 0 Å². The molecule has 0 bridgehead atoms. The van der Waals surface area contributed by atoms with Crippen LogP contribution in [0.15, 0.2) is 39.3 Å². The normalized spacial score (nSPS) is 14.8. The molecule has 5 heteroatoms. The van der Waals surface area contributed by atoms with Gasteiger partial charge in [0.05, 0.1) is 0 Å². The first kappa shape index (κ1) is 16.3. The maximum atomic E-state index is 12.3. The Labute approximate surface area is 152 Å². The van der Waals surface area contributed by atoms with Crippen LogP contribution in [-0.4, -0.2) is 20.0 Å². The average Bonchev–Trinajstić information content (AvgIpc) is 2.80. The Morgan fingerprint density at radius 2 is 1.74 bits per heavy atom. The fourth-order valence-electron chi connectivity index (χ4n) is 2.51. The summed E-state index contributed by atoms with van der Waals surface area (Å²) in [6.45, 7) is 2.03. The molecule has 1 aliphatic heterocycles. The number of nitrogens with one attached hydrogen (secondary N) is 1. The molecule has 0 fully saturated rings. The molecule has 0 aliphatic carbocycles. The summed E-state index contributed by atoms with van der Waals surface area (Å²) < 4.78 is 2.03. The molecule has 2 aromatic carbocycles. The van der Waals surface area contributed by atoms with Crippen molar-refractivity contribution in [1.82, 2.24) is 0 Å². The number of carbonyl (C=O) groups is 1. The fourth-order valence-corrected chi connectivity index (χ4v) is 3.73. The zero-order valence-corrected chi connectivity index (χ0v) is 16.2. The molecule has 0 unspecified atom stereocenters. The maximum absolute atomic E-state index is 12.3. The number of halogens is 2. The van der Waals surface area contributed by atoms with Crippen LogP contribution in [0, 0.1) is 6.92 Å². The van der Waals surface area contributed by atoms with Gasteiger partial charge in [0.25, 0.3) is 5.91 Å². The molecule has 3 rings (SSSR count). The second kappa shape index (κ2) is 6.13. The molecule has 1 heterocycles. The third kappa shape index (κ3) is 3.08. The Balaban J connectivity index is 2.11. The SMILES string of the molecule is Cc1c(Br)cc(/C=C2\C(=O)Nc3ccc(N(C)C)cc32)cc1Br. The standard InChI is InChI=1S/C18H16Br2N2O/c1-10-15(19)7-11(8-16(10)20)6-14-13-9-12(22(2)3)4-5-17(13)21-18(14)23/h4-9H,1-3H3,(H,21,23)/b14-6-. The van der Waals surface area contributed by atoms with Crippen LogP contribution in [0.4, 0.5) is 11.4 Å². The average molecular weight is 436 g/mol. The largest absolute Gasteiger partial charge is 0.378 e. The second-order valence-corrected chi connectivity index (χ2v) is 7.45. The van der Waals surface area contributed by atoms with Crippen LogP contribution in [0.25, 0.3) is 11.6 Å². The summed E-state index contributed by atoms with van der Waals surface area (Å²) in [6.07, 6.45) is 1.93. The highest BCUT2D eigenvalue weighted by Crippen LogP contribution is 2.36. The van der Waals surface area contributed by atoms with Crippen molar-refractivity contribution in [3.05, 3.63) is 56.0 Å². The summed E-state index contributed by atoms with van der Waals surface area (Å²) in [4.78, 5) is 14.4. The Morgan fingerprint density at radius 3 is 2.35 bits per heavy atom. The molecule has 0 saturated carbocycles. The van der Waals surface area contributed by atoms with Crippen LogP contribution in [0.5, 0.6) is 0 Å². The first-order chi connectivity index (χ1) is 10.9. The van der Waals surface area contributed by atoms with Gasteiger partial charge in [-0.05, 0) is 54.5 Å². The summed E-state index contributed by atoms with van der Waals surface area (Å²) in [5.41, 5.74) is 5.66. The minimum Gasteiger partial charge on any atom is -0.378 e. The van der Waals surface area contributed by atoms with Crippen molar-refractivity contribution in [3.8, 4) is 0 Å². The topological polar surface area (TPSA) is 32.3 Å². The number of benzene rings is 2. The van der Waals surface area contributed by atoms with Gasteiger partial charge in [0.2, 0.25) is 0 Å². The number of fused-ring (bicyclic) bond motifs is 1. The Morgan fingerprint density at radius 1 is 1.09 bits per heavy atom. The Kier molecular flexibility index (Phi) is 4.34. The van der Waals surface area contributed by atoms with Crippen molar-refractivity contribution in [2.24, 2.45) is 0 Å². The Hall–Kier alpha value is -1.59. The Bertz CT molecular complexity index is 818. The predicted octanol–water partition coefficient (Wildman–Crippen LogP) is 5.08. The number of hydrogen-bond donors (Lipinski definition) is 1. The molecule has 1 N–H and O–H groups in total. The highest BCUT2D eigenvalue weighted by Gasteiger charge is 2.24. The maximum Gasteiger partial charge on any atom is 0.256 e. The summed E-state index contributed by atoms with van der Waals surface area (Å²) >= 11 is 7.11. The summed E-state index contributed by atoms with van der Waals surface area (Å²) in [6, 6.07) is 10.0. The molecule has 0 saturated heterocycles. The van der Waals surface area contributed by atoms with Crippen LogP contribution >= 0.6 is 31.9 Å². The minimum atomic E-state index is -0.0660. The monoisotopic (exact) mass is 434 g/mol. The number of nitrogens with zero attached hydrogens (tertiary/aromatic N) is 1. The second-order valence-electron chi connectivity index (χ2n) is 5.75. The lowest BCUT2D eigenvalue weighted by molar-refractivity contribution is -0.110. The molecule has 0 atom stereocenters. The predicted molar refractivity (Wildman–Crippen MR) is 104 cm³/mol. The van der Waals surface area contributed by atoms with Crippen molar-refractivity contribution in [1.29, 1.82) is 0 Å². The summed E-state index contributed by atoms with van der Waals surface area (Å²) in [5.74, 6) is -0.0660. The van der Waals surface area contributed by atoms with Gasteiger partial charge in [0.15, 0.2) is 0 Å². The number of rotatable bonds is 2. The third-order valence-electron chi connectivity index (χ3n) is 3.92. The zero-order chi connectivity index (χ0) is 16.7. The quantitative estimate of drug-likeness (QED) is 0.667. The third-order valence-corrected chi connectivity index (χ3v) is 5.56. The molecule has 0 radical (unpaired) electrons. The lowest BCUT2D eigenvalue weighted by Crippen LogP contribution is -2.08. The van der Waals surface area contributed by atoms with Gasteiger partial charge in [-0.25, -0.2) is 0 Å². The molecule has 1 amide bonds. The van der Waals surface area contributed by atoms with Crippen LogP contribution in [-0.2, 0) is 4.79 Å². The van der Waals surface area contributed by atoms with Crippen molar-refractivity contribution >= 4 is 60.8 Å². The van der Waals surface area contributed by atoms with Crippen LogP contribution < -0.4 is 10.2 Å². The van der Waals surface area contributed by atoms with Gasteiger partial charge in [-0.1, -0.05) is 31.9 Å². The van der Waals surface area contributed by atoms with E-state index in [1.807, 2.05) is 62.3 Å². The number of anilines is 2. The first-order valence-electron chi connectivity index (χ1n) is 7.17. The number of carbonyl (C=O) groups excluding carboxylic acids is 1. The van der Waals surface area contributed by atoms with Gasteiger partial charge >= 0.3 is 0 Å². The van der Waals surface area contributed by atoms with E-state index in [1.54, 1.807) is 0 Å². The van der Waals surface area contributed by atoms with Gasteiger partial charge in [0, 0.05) is 45.6 Å². The molecule has 3 nitrogen and oxygen atoms in total. The van der Waals surface area contributed by atoms with Crippen molar-refractivity contribution in [2.75, 3.05) is 24.3 Å². The van der Waals surface area contributed by atoms with Gasteiger partial charge in [-0.3, -0.25) is 4.79 Å². The van der Waals surface area contributed by atoms with E-state index in [4.69, 9.17) is 0 Å². The van der Waals surface area contributed by atoms with Crippen LogP contribution in [0.3, 0.4) is 0 Å². The number of amides is 1. The van der Waals surface area contributed by atoms with Gasteiger partial charge in [-0.2, -0.15) is 0 Å². The lowest BCUT2D eigenvalue weighted by Gasteiger charge is -2.13. The van der Waals surface area contributed by atoms with Crippen LogP contribution in [0.2, 0.25) is 0 Å². The van der Waals surface area contributed by atoms with Gasteiger partial charge in [0.1, 0.15) is 0 Å². The molecule has 23 heavy (non-hydrogen) atoms. The molecular weight excluding hydrogens is 420 g/mol. The highest BCUT2D eigenvalue weighted by molar-refractivity contribution is 9.11. The van der Waals surface area contributed by atoms with Crippen molar-refractivity contribution < 1.29 is 4.79 Å². The van der Waals surface area contributed by atoms with E-state index in [9.17, 15) is 4.79 Å². The van der Waals surface area contributed by atoms with E-state index < -0.39 is 0 Å². The first-order valence-corrected chi connectivity index (χ1v) is 8.76. The van der Waals surface area contributed by atoms with E-state index in [0.717, 1.165) is 37.0 Å². The van der Waals surface area contributed by atoms with Crippen LogP contribution in [0.1, 0.15) is 16.7 Å². The summed E-state index contributed by atoms with van der Waals surface area (Å²) in [7, 11) is 3.98. The molecule has 0 aromatic heterocycles. The summed E-state index contributed by atoms with van der Waals surface area (Å²) in [5, 5.41) is 2.93.